The third kappa shape index (κ3) is 2.43. The van der Waals surface area contributed by atoms with Crippen molar-refractivity contribution in [2.45, 2.75) is 20.8 Å². The van der Waals surface area contributed by atoms with Gasteiger partial charge in [0.2, 0.25) is 0 Å². The molecule has 0 spiro atoms. The van der Waals surface area contributed by atoms with Gasteiger partial charge in [0.15, 0.2) is 5.65 Å². The molecule has 0 saturated carbocycles. The summed E-state index contributed by atoms with van der Waals surface area (Å²) in [5, 5.41) is 6.97. The van der Waals surface area contributed by atoms with Gasteiger partial charge in [0.05, 0.1) is 6.20 Å². The van der Waals surface area contributed by atoms with E-state index in [1.54, 1.807) is 22.8 Å². The highest BCUT2D eigenvalue weighted by Crippen LogP contribution is 2.06. The lowest BCUT2D eigenvalue weighted by molar-refractivity contribution is 0.0944. The van der Waals surface area contributed by atoms with E-state index in [0.717, 1.165) is 5.69 Å². The zero-order chi connectivity index (χ0) is 12.4. The fourth-order valence-electron chi connectivity index (χ4n) is 1.57. The zero-order valence-corrected chi connectivity index (χ0v) is 10.3. The van der Waals surface area contributed by atoms with Gasteiger partial charge < -0.3 is 5.32 Å². The van der Waals surface area contributed by atoms with Crippen LogP contribution in [0.3, 0.4) is 0 Å². The van der Waals surface area contributed by atoms with E-state index in [4.69, 9.17) is 0 Å². The van der Waals surface area contributed by atoms with Gasteiger partial charge >= 0.3 is 0 Å². The van der Waals surface area contributed by atoms with E-state index in [1.165, 1.54) is 0 Å². The number of aromatic nitrogens is 3. The number of nitrogens with zero attached hydrogens (tertiary/aromatic N) is 3. The lowest BCUT2D eigenvalue weighted by Gasteiger charge is -2.08. The molecule has 0 bridgehead atoms. The summed E-state index contributed by atoms with van der Waals surface area (Å²) in [5.74, 6) is 0.296. The Morgan fingerprint density at radius 3 is 3.00 bits per heavy atom. The highest BCUT2D eigenvalue weighted by Gasteiger charge is 2.10. The summed E-state index contributed by atoms with van der Waals surface area (Å²) in [4.78, 5) is 16.1. The minimum Gasteiger partial charge on any atom is -0.350 e. The predicted octanol–water partition coefficient (Wildman–Crippen LogP) is 1.42. The minimum absolute atomic E-state index is 0.134. The van der Waals surface area contributed by atoms with Crippen molar-refractivity contribution >= 4 is 11.6 Å². The van der Waals surface area contributed by atoms with Crippen LogP contribution < -0.4 is 5.32 Å². The Kier molecular flexibility index (Phi) is 3.08. The van der Waals surface area contributed by atoms with Crippen LogP contribution in [-0.2, 0) is 0 Å². The van der Waals surface area contributed by atoms with Crippen LogP contribution in [0.5, 0.6) is 0 Å². The maximum atomic E-state index is 11.9. The fourth-order valence-corrected chi connectivity index (χ4v) is 1.57. The first-order valence-electron chi connectivity index (χ1n) is 5.67. The van der Waals surface area contributed by atoms with Crippen molar-refractivity contribution in [2.75, 3.05) is 6.54 Å². The van der Waals surface area contributed by atoms with E-state index in [-0.39, 0.29) is 5.91 Å². The third-order valence-corrected chi connectivity index (χ3v) is 2.44. The topological polar surface area (TPSA) is 59.3 Å². The van der Waals surface area contributed by atoms with Crippen molar-refractivity contribution in [3.05, 3.63) is 29.7 Å². The van der Waals surface area contributed by atoms with Crippen LogP contribution in [0.15, 0.2) is 18.3 Å². The van der Waals surface area contributed by atoms with Crippen molar-refractivity contribution in [1.82, 2.24) is 19.9 Å². The Morgan fingerprint density at radius 2 is 2.29 bits per heavy atom. The number of amides is 1. The quantitative estimate of drug-likeness (QED) is 0.870. The second-order valence-electron chi connectivity index (χ2n) is 4.49. The van der Waals surface area contributed by atoms with Crippen LogP contribution in [0.4, 0.5) is 0 Å². The summed E-state index contributed by atoms with van der Waals surface area (Å²) in [6.07, 6.45) is 1.67. The van der Waals surface area contributed by atoms with Gasteiger partial charge in [0.1, 0.15) is 5.69 Å². The Bertz CT molecular complexity index is 544. The van der Waals surface area contributed by atoms with Crippen molar-refractivity contribution < 1.29 is 4.79 Å². The zero-order valence-electron chi connectivity index (χ0n) is 10.3. The van der Waals surface area contributed by atoms with Gasteiger partial charge in [-0.25, -0.2) is 9.50 Å². The molecule has 2 heterocycles. The van der Waals surface area contributed by atoms with Crippen LogP contribution in [0.25, 0.3) is 5.65 Å². The summed E-state index contributed by atoms with van der Waals surface area (Å²) < 4.78 is 1.71. The number of fused-ring (bicyclic) bond motifs is 1. The molecule has 0 atom stereocenters. The second-order valence-corrected chi connectivity index (χ2v) is 4.49. The van der Waals surface area contributed by atoms with Gasteiger partial charge in [0, 0.05) is 18.3 Å². The van der Waals surface area contributed by atoms with Crippen molar-refractivity contribution in [3.63, 3.8) is 0 Å². The molecular formula is C12H16N4O. The predicted molar refractivity (Wildman–Crippen MR) is 64.9 cm³/mol. The molecule has 5 heteroatoms. The average Bonchev–Trinajstić information content (AvgIpc) is 2.74. The molecular weight excluding hydrogens is 216 g/mol. The molecule has 90 valence electrons. The molecule has 0 aliphatic heterocycles. The standard InChI is InChI=1S/C12H16N4O/c1-8(2)7-13-12(17)10-6-9(3)16-11(15-10)4-5-14-16/h4-6,8H,7H2,1-3H3,(H,13,17). The van der Waals surface area contributed by atoms with E-state index in [1.807, 2.05) is 6.92 Å². The van der Waals surface area contributed by atoms with Crippen molar-refractivity contribution in [1.29, 1.82) is 0 Å². The summed E-state index contributed by atoms with van der Waals surface area (Å²) in [5.41, 5.74) is 2.03. The molecule has 5 nitrogen and oxygen atoms in total. The Labute approximate surface area is 99.9 Å². The van der Waals surface area contributed by atoms with E-state index in [9.17, 15) is 4.79 Å². The van der Waals surface area contributed by atoms with Crippen molar-refractivity contribution in [3.8, 4) is 0 Å². The monoisotopic (exact) mass is 232 g/mol. The number of hydrogen-bond acceptors (Lipinski definition) is 3. The minimum atomic E-state index is -0.134. The SMILES string of the molecule is Cc1cc(C(=O)NCC(C)C)nc2ccnn12. The number of carbonyl (C=O) groups is 1. The summed E-state index contributed by atoms with van der Waals surface area (Å²) in [6.45, 7) is 6.67. The average molecular weight is 232 g/mol. The summed E-state index contributed by atoms with van der Waals surface area (Å²) in [6, 6.07) is 3.53. The van der Waals surface area contributed by atoms with Crippen LogP contribution in [-0.4, -0.2) is 27.0 Å². The number of rotatable bonds is 3. The molecule has 0 aliphatic rings. The number of hydrogen-bond donors (Lipinski definition) is 1. The van der Waals surface area contributed by atoms with Gasteiger partial charge in [0.25, 0.3) is 5.91 Å². The van der Waals surface area contributed by atoms with E-state index in [0.29, 0.717) is 23.8 Å². The molecule has 0 radical (unpaired) electrons. The third-order valence-electron chi connectivity index (χ3n) is 2.44. The molecule has 2 aromatic rings. The molecule has 0 aromatic carbocycles. The smallest absolute Gasteiger partial charge is 0.270 e. The largest absolute Gasteiger partial charge is 0.350 e. The van der Waals surface area contributed by atoms with Gasteiger partial charge in [-0.3, -0.25) is 4.79 Å². The maximum Gasteiger partial charge on any atom is 0.270 e. The molecule has 0 saturated heterocycles. The van der Waals surface area contributed by atoms with Gasteiger partial charge in [-0.15, -0.1) is 0 Å². The van der Waals surface area contributed by atoms with Crippen LogP contribution >= 0.6 is 0 Å². The number of aryl methyl sites for hydroxylation is 1. The van der Waals surface area contributed by atoms with Crippen LogP contribution in [0, 0.1) is 12.8 Å². The maximum absolute atomic E-state index is 11.9. The molecule has 1 N–H and O–H groups in total. The van der Waals surface area contributed by atoms with E-state index < -0.39 is 0 Å². The first kappa shape index (κ1) is 11.6. The first-order chi connectivity index (χ1) is 8.08. The first-order valence-corrected chi connectivity index (χ1v) is 5.67. The molecule has 17 heavy (non-hydrogen) atoms. The van der Waals surface area contributed by atoms with Crippen LogP contribution in [0.1, 0.15) is 30.0 Å². The molecule has 0 unspecified atom stereocenters. The molecule has 2 rings (SSSR count). The highest BCUT2D eigenvalue weighted by molar-refractivity contribution is 5.92. The Hall–Kier alpha value is -1.91. The summed E-state index contributed by atoms with van der Waals surface area (Å²) >= 11 is 0. The van der Waals surface area contributed by atoms with Crippen molar-refractivity contribution in [2.24, 2.45) is 5.92 Å². The molecule has 1 amide bonds. The summed E-state index contributed by atoms with van der Waals surface area (Å²) in [7, 11) is 0. The lowest BCUT2D eigenvalue weighted by Crippen LogP contribution is -2.28. The second kappa shape index (κ2) is 4.53. The lowest BCUT2D eigenvalue weighted by atomic mass is 10.2. The van der Waals surface area contributed by atoms with Gasteiger partial charge in [-0.1, -0.05) is 13.8 Å². The van der Waals surface area contributed by atoms with Gasteiger partial charge in [-0.05, 0) is 18.9 Å². The normalized spacial score (nSPS) is 11.1. The molecule has 0 fully saturated rings. The Balaban J connectivity index is 2.26. The fraction of sp³-hybridized carbons (Fsp3) is 0.417. The van der Waals surface area contributed by atoms with Crippen LogP contribution in [0.2, 0.25) is 0 Å². The van der Waals surface area contributed by atoms with Gasteiger partial charge in [-0.2, -0.15) is 5.10 Å². The molecule has 2 aromatic heterocycles. The molecule has 0 aliphatic carbocycles. The number of carbonyl (C=O) groups excluding carboxylic acids is 1. The highest BCUT2D eigenvalue weighted by atomic mass is 16.1. The van der Waals surface area contributed by atoms with E-state index >= 15 is 0 Å². The van der Waals surface area contributed by atoms with E-state index in [2.05, 4.69) is 29.2 Å². The Morgan fingerprint density at radius 1 is 1.53 bits per heavy atom. The number of nitrogens with one attached hydrogen (secondary N) is 1.